The highest BCUT2D eigenvalue weighted by atomic mass is 16.7. The molecule has 4 rings (SSSR count). The first-order chi connectivity index (χ1) is 12.1. The first-order valence-corrected chi connectivity index (χ1v) is 8.77. The molecule has 0 spiro atoms. The van der Waals surface area contributed by atoms with Crippen LogP contribution in [0.5, 0.6) is 11.5 Å². The zero-order valence-electron chi connectivity index (χ0n) is 13.9. The lowest BCUT2D eigenvalue weighted by atomic mass is 9.86. The summed E-state index contributed by atoms with van der Waals surface area (Å²) in [4.78, 5) is 23.4. The van der Waals surface area contributed by atoms with E-state index in [0.717, 1.165) is 29.9 Å². The lowest BCUT2D eigenvalue weighted by Crippen LogP contribution is -2.47. The van der Waals surface area contributed by atoms with E-state index in [4.69, 9.17) is 14.6 Å². The Kier molecular flexibility index (Phi) is 3.94. The van der Waals surface area contributed by atoms with Gasteiger partial charge in [-0.05, 0) is 56.2 Å². The number of ether oxygens (including phenoxy) is 2. The van der Waals surface area contributed by atoms with Crippen molar-refractivity contribution in [2.45, 2.75) is 50.1 Å². The zero-order valence-corrected chi connectivity index (χ0v) is 13.9. The molecular weight excluding hydrogens is 324 g/mol. The summed E-state index contributed by atoms with van der Waals surface area (Å²) in [5.74, 6) is 0.448. The minimum absolute atomic E-state index is 0.0446. The number of amides is 2. The number of nitrogens with one attached hydrogen (secondary N) is 2. The van der Waals surface area contributed by atoms with Crippen LogP contribution >= 0.6 is 0 Å². The molecule has 3 N–H and O–H groups in total. The fourth-order valence-electron chi connectivity index (χ4n) is 3.73. The molecule has 1 aromatic carbocycles. The molecule has 2 fully saturated rings. The Morgan fingerprint density at radius 1 is 1.08 bits per heavy atom. The molecule has 0 saturated heterocycles. The summed E-state index contributed by atoms with van der Waals surface area (Å²) < 4.78 is 10.7. The predicted octanol–water partition coefficient (Wildman–Crippen LogP) is 2.35. The van der Waals surface area contributed by atoms with Crippen LogP contribution in [0, 0.1) is 5.92 Å². The van der Waals surface area contributed by atoms with Gasteiger partial charge in [0.15, 0.2) is 11.5 Å². The Morgan fingerprint density at radius 3 is 2.48 bits per heavy atom. The lowest BCUT2D eigenvalue weighted by Gasteiger charge is -2.28. The molecule has 0 aromatic heterocycles. The molecule has 2 saturated carbocycles. The molecule has 2 aliphatic carbocycles. The van der Waals surface area contributed by atoms with E-state index in [1.165, 1.54) is 0 Å². The Morgan fingerprint density at radius 2 is 1.80 bits per heavy atom. The van der Waals surface area contributed by atoms with E-state index in [1.807, 2.05) is 18.2 Å². The van der Waals surface area contributed by atoms with Crippen LogP contribution in [0.2, 0.25) is 0 Å². The van der Waals surface area contributed by atoms with Crippen molar-refractivity contribution in [3.63, 3.8) is 0 Å². The molecule has 1 heterocycles. The molecule has 0 radical (unpaired) electrons. The van der Waals surface area contributed by atoms with Crippen LogP contribution in [0.3, 0.4) is 0 Å². The molecule has 0 atom stereocenters. The van der Waals surface area contributed by atoms with Crippen LogP contribution in [0.15, 0.2) is 18.2 Å². The van der Waals surface area contributed by atoms with E-state index in [2.05, 4.69) is 10.6 Å². The van der Waals surface area contributed by atoms with Crippen LogP contribution in [-0.2, 0) is 10.3 Å². The van der Waals surface area contributed by atoms with E-state index in [1.54, 1.807) is 0 Å². The van der Waals surface area contributed by atoms with Crippen LogP contribution in [0.25, 0.3) is 0 Å². The van der Waals surface area contributed by atoms with E-state index >= 15 is 0 Å². The van der Waals surface area contributed by atoms with Gasteiger partial charge in [0.2, 0.25) is 6.79 Å². The van der Waals surface area contributed by atoms with Crippen molar-refractivity contribution in [2.75, 3.05) is 6.79 Å². The standard InChI is InChI=1S/C18H22N2O5/c21-16(22)11-1-4-13(5-2-11)19-17(23)20-18(7-8-18)12-3-6-14-15(9-12)25-10-24-14/h3,6,9,11,13H,1-2,4-5,7-8,10H2,(H,21,22)(H2,19,20,23). The second-order valence-corrected chi connectivity index (χ2v) is 7.14. The number of hydrogen-bond acceptors (Lipinski definition) is 4. The Labute approximate surface area is 145 Å². The summed E-state index contributed by atoms with van der Waals surface area (Å²) in [6, 6.07) is 5.65. The molecule has 1 aliphatic heterocycles. The number of carboxylic acid groups (broad SMARTS) is 1. The predicted molar refractivity (Wildman–Crippen MR) is 88.5 cm³/mol. The van der Waals surface area contributed by atoms with Crippen molar-refractivity contribution in [1.82, 2.24) is 10.6 Å². The minimum atomic E-state index is -0.734. The number of carbonyl (C=O) groups excluding carboxylic acids is 1. The summed E-state index contributed by atoms with van der Waals surface area (Å²) in [5, 5.41) is 15.1. The van der Waals surface area contributed by atoms with Crippen molar-refractivity contribution in [1.29, 1.82) is 0 Å². The monoisotopic (exact) mass is 346 g/mol. The third-order valence-electron chi connectivity index (χ3n) is 5.44. The molecule has 7 heteroatoms. The number of benzene rings is 1. The largest absolute Gasteiger partial charge is 0.481 e. The molecule has 134 valence electrons. The van der Waals surface area contributed by atoms with Crippen molar-refractivity contribution < 1.29 is 24.2 Å². The van der Waals surface area contributed by atoms with Crippen molar-refractivity contribution in [3.8, 4) is 11.5 Å². The summed E-state index contributed by atoms with van der Waals surface area (Å²) in [5.41, 5.74) is 0.699. The van der Waals surface area contributed by atoms with Crippen LogP contribution in [0.4, 0.5) is 4.79 Å². The normalized spacial score (nSPS) is 25.9. The average Bonchev–Trinajstić information content (AvgIpc) is 3.21. The first kappa shape index (κ1) is 16.1. The molecule has 25 heavy (non-hydrogen) atoms. The van der Waals surface area contributed by atoms with Gasteiger partial charge in [0.05, 0.1) is 11.5 Å². The highest BCUT2D eigenvalue weighted by Crippen LogP contribution is 2.48. The van der Waals surface area contributed by atoms with Gasteiger partial charge in [0.25, 0.3) is 0 Å². The third-order valence-corrected chi connectivity index (χ3v) is 5.44. The summed E-state index contributed by atoms with van der Waals surface area (Å²) in [6.45, 7) is 0.235. The van der Waals surface area contributed by atoms with E-state index in [-0.39, 0.29) is 30.3 Å². The van der Waals surface area contributed by atoms with Gasteiger partial charge in [0, 0.05) is 6.04 Å². The van der Waals surface area contributed by atoms with Crippen LogP contribution in [-0.4, -0.2) is 29.9 Å². The first-order valence-electron chi connectivity index (χ1n) is 8.77. The van der Waals surface area contributed by atoms with Gasteiger partial charge in [-0.15, -0.1) is 0 Å². The average molecular weight is 346 g/mol. The van der Waals surface area contributed by atoms with Gasteiger partial charge in [-0.25, -0.2) is 4.79 Å². The molecule has 7 nitrogen and oxygen atoms in total. The number of carboxylic acids is 1. The number of urea groups is 1. The minimum Gasteiger partial charge on any atom is -0.481 e. The Bertz CT molecular complexity index is 693. The summed E-state index contributed by atoms with van der Waals surface area (Å²) in [7, 11) is 0. The fourth-order valence-corrected chi connectivity index (χ4v) is 3.73. The zero-order chi connectivity index (χ0) is 17.4. The number of carbonyl (C=O) groups is 2. The smallest absolute Gasteiger partial charge is 0.315 e. The van der Waals surface area contributed by atoms with Crippen molar-refractivity contribution in [2.24, 2.45) is 5.92 Å². The van der Waals surface area contributed by atoms with E-state index in [0.29, 0.717) is 25.7 Å². The molecule has 3 aliphatic rings. The molecule has 0 unspecified atom stereocenters. The maximum atomic E-state index is 12.4. The third kappa shape index (κ3) is 3.23. The molecule has 0 bridgehead atoms. The number of hydrogen-bond donors (Lipinski definition) is 3. The van der Waals surface area contributed by atoms with E-state index < -0.39 is 5.97 Å². The number of rotatable bonds is 4. The highest BCUT2D eigenvalue weighted by Gasteiger charge is 2.46. The second-order valence-electron chi connectivity index (χ2n) is 7.14. The van der Waals surface area contributed by atoms with Crippen molar-refractivity contribution >= 4 is 12.0 Å². The maximum absolute atomic E-state index is 12.4. The number of aliphatic carboxylic acids is 1. The van der Waals surface area contributed by atoms with Gasteiger partial charge >= 0.3 is 12.0 Å². The van der Waals surface area contributed by atoms with Gasteiger partial charge in [0.1, 0.15) is 0 Å². The topological polar surface area (TPSA) is 96.9 Å². The molecular formula is C18H22N2O5. The highest BCUT2D eigenvalue weighted by molar-refractivity contribution is 5.76. The fraction of sp³-hybridized carbons (Fsp3) is 0.556. The summed E-state index contributed by atoms with van der Waals surface area (Å²) >= 11 is 0. The Balaban J connectivity index is 1.34. The maximum Gasteiger partial charge on any atom is 0.315 e. The number of fused-ring (bicyclic) bond motifs is 1. The van der Waals surface area contributed by atoms with Crippen LogP contribution < -0.4 is 20.1 Å². The SMILES string of the molecule is O=C(NC1CCC(C(=O)O)CC1)NC1(c2ccc3c(c2)OCO3)CC1. The van der Waals surface area contributed by atoms with Gasteiger partial charge in [-0.3, -0.25) is 4.79 Å². The van der Waals surface area contributed by atoms with Gasteiger partial charge in [-0.1, -0.05) is 6.07 Å². The van der Waals surface area contributed by atoms with Gasteiger partial charge < -0.3 is 25.2 Å². The lowest BCUT2D eigenvalue weighted by molar-refractivity contribution is -0.142. The quantitative estimate of drug-likeness (QED) is 0.777. The van der Waals surface area contributed by atoms with E-state index in [9.17, 15) is 9.59 Å². The summed E-state index contributed by atoms with van der Waals surface area (Å²) in [6.07, 6.45) is 4.45. The molecule has 2 amide bonds. The van der Waals surface area contributed by atoms with Crippen LogP contribution in [0.1, 0.15) is 44.1 Å². The molecule has 1 aromatic rings. The Hall–Kier alpha value is -2.44. The van der Waals surface area contributed by atoms with Gasteiger partial charge in [-0.2, -0.15) is 0 Å². The van der Waals surface area contributed by atoms with Crippen molar-refractivity contribution in [3.05, 3.63) is 23.8 Å². The second kappa shape index (κ2) is 6.13.